The summed E-state index contributed by atoms with van der Waals surface area (Å²) in [7, 11) is 0. The van der Waals surface area contributed by atoms with Crippen LogP contribution in [0.1, 0.15) is 60.6 Å². The van der Waals surface area contributed by atoms with E-state index in [-0.39, 0.29) is 11.2 Å². The molecule has 1 unspecified atom stereocenters. The molecular formula is C52H52ClNO. The van der Waals surface area contributed by atoms with E-state index < -0.39 is 5.41 Å². The molecule has 278 valence electrons. The van der Waals surface area contributed by atoms with Gasteiger partial charge in [-0.15, -0.1) is 0 Å². The molecule has 0 aromatic heterocycles. The number of anilines is 1. The maximum atomic E-state index is 10.2. The molecule has 0 radical (unpaired) electrons. The molecule has 7 rings (SSSR count). The predicted molar refractivity (Wildman–Crippen MR) is 234 cm³/mol. The molecule has 1 aliphatic rings. The van der Waals surface area contributed by atoms with Crippen LogP contribution in [0.25, 0.3) is 10.8 Å². The number of hydrogen-bond donors (Lipinski definition) is 1. The zero-order valence-corrected chi connectivity index (χ0v) is 33.4. The van der Waals surface area contributed by atoms with Gasteiger partial charge in [0.05, 0.1) is 0 Å². The molecule has 3 heteroatoms. The monoisotopic (exact) mass is 741 g/mol. The minimum Gasteiger partial charge on any atom is -0.508 e. The second-order valence-corrected chi connectivity index (χ2v) is 16.4. The second-order valence-electron chi connectivity index (χ2n) is 16.0. The van der Waals surface area contributed by atoms with Crippen LogP contribution in [0.3, 0.4) is 0 Å². The zero-order valence-electron chi connectivity index (χ0n) is 32.6. The zero-order chi connectivity index (χ0) is 38.6. The second kappa shape index (κ2) is 16.2. The fourth-order valence-corrected chi connectivity index (χ4v) is 8.96. The highest BCUT2D eigenvalue weighted by Gasteiger charge is 2.44. The van der Waals surface area contributed by atoms with Gasteiger partial charge in [-0.25, -0.2) is 0 Å². The minimum atomic E-state index is -0.464. The van der Waals surface area contributed by atoms with Gasteiger partial charge in [-0.1, -0.05) is 153 Å². The van der Waals surface area contributed by atoms with Crippen molar-refractivity contribution in [3.05, 3.63) is 214 Å². The summed E-state index contributed by atoms with van der Waals surface area (Å²) in [4.78, 5) is 2.57. The molecule has 0 saturated carbocycles. The number of aromatic hydroxyl groups is 1. The van der Waals surface area contributed by atoms with Crippen LogP contribution in [0.2, 0.25) is 5.02 Å². The van der Waals surface area contributed by atoms with Gasteiger partial charge in [0.2, 0.25) is 0 Å². The van der Waals surface area contributed by atoms with Crippen molar-refractivity contribution in [2.45, 2.75) is 64.2 Å². The summed E-state index contributed by atoms with van der Waals surface area (Å²) in [5.74, 6) is 0.841. The average Bonchev–Trinajstić information content (AvgIpc) is 3.42. The standard InChI is InChI=1S/C52H52ClNO/c1-37(2)31-32-54-48-30-26-43-20-12-13-21-46(43)50(48)51(5,34-42-24-28-45(55)29-25-42)49(54)22-14-15-39(4)52(35-40-16-8-6-9-17-40,36-41-18-10-7-11-19-41)47-33-44(53)27-23-38(47)3/h6-30,33,37,55H,4,31-32,34-36H2,1-3,5H3/b15-14+,49-22+. The third-order valence-electron chi connectivity index (χ3n) is 11.6. The third kappa shape index (κ3) is 7.93. The van der Waals surface area contributed by atoms with E-state index in [1.54, 1.807) is 12.1 Å². The Balaban J connectivity index is 1.39. The maximum absolute atomic E-state index is 10.2. The molecule has 0 spiro atoms. The van der Waals surface area contributed by atoms with Gasteiger partial charge in [0.25, 0.3) is 0 Å². The van der Waals surface area contributed by atoms with E-state index in [0.29, 0.717) is 5.92 Å². The van der Waals surface area contributed by atoms with E-state index >= 15 is 0 Å². The summed E-state index contributed by atoms with van der Waals surface area (Å²) in [6.45, 7) is 15.0. The Hall–Kier alpha value is -5.31. The van der Waals surface area contributed by atoms with E-state index in [0.717, 1.165) is 42.8 Å². The number of phenols is 1. The molecule has 0 aliphatic carbocycles. The summed E-state index contributed by atoms with van der Waals surface area (Å²) in [5.41, 5.74) is 10.2. The van der Waals surface area contributed by atoms with Crippen LogP contribution in [-0.4, -0.2) is 11.7 Å². The van der Waals surface area contributed by atoms with Gasteiger partial charge in [-0.3, -0.25) is 0 Å². The lowest BCUT2D eigenvalue weighted by Crippen LogP contribution is -2.34. The number of halogens is 1. The summed E-state index contributed by atoms with van der Waals surface area (Å²) < 4.78 is 0. The Kier molecular flexibility index (Phi) is 11.2. The molecule has 1 aliphatic heterocycles. The van der Waals surface area contributed by atoms with Gasteiger partial charge in [0.1, 0.15) is 5.75 Å². The summed E-state index contributed by atoms with van der Waals surface area (Å²) in [6, 6.07) is 48.9. The lowest BCUT2D eigenvalue weighted by atomic mass is 9.65. The van der Waals surface area contributed by atoms with E-state index in [1.807, 2.05) is 6.07 Å². The molecule has 6 aromatic rings. The Labute approximate surface area is 333 Å². The Bertz CT molecular complexity index is 2300. The molecule has 0 saturated heterocycles. The van der Waals surface area contributed by atoms with Crippen LogP contribution in [0.5, 0.6) is 5.75 Å². The van der Waals surface area contributed by atoms with Crippen molar-refractivity contribution in [2.75, 3.05) is 11.4 Å². The average molecular weight is 742 g/mol. The molecule has 0 amide bonds. The number of phenolic OH excluding ortho intramolecular Hbond substituents is 1. The molecule has 2 nitrogen and oxygen atoms in total. The predicted octanol–water partition coefficient (Wildman–Crippen LogP) is 13.3. The number of allylic oxidation sites excluding steroid dienone is 5. The van der Waals surface area contributed by atoms with Crippen molar-refractivity contribution >= 4 is 28.1 Å². The first-order valence-electron chi connectivity index (χ1n) is 19.6. The summed E-state index contributed by atoms with van der Waals surface area (Å²) in [5, 5.41) is 13.4. The van der Waals surface area contributed by atoms with Crippen molar-refractivity contribution in [1.82, 2.24) is 0 Å². The van der Waals surface area contributed by atoms with Crippen molar-refractivity contribution in [1.29, 1.82) is 0 Å². The molecule has 1 N–H and O–H groups in total. The number of fused-ring (bicyclic) bond motifs is 3. The maximum Gasteiger partial charge on any atom is 0.115 e. The number of benzene rings is 6. The van der Waals surface area contributed by atoms with Crippen LogP contribution >= 0.6 is 11.6 Å². The molecule has 6 aromatic carbocycles. The van der Waals surface area contributed by atoms with Crippen LogP contribution in [0.15, 0.2) is 176 Å². The number of rotatable bonds is 13. The fraction of sp³-hybridized carbons (Fsp3) is 0.231. The van der Waals surface area contributed by atoms with Crippen molar-refractivity contribution in [3.63, 3.8) is 0 Å². The highest BCUT2D eigenvalue weighted by atomic mass is 35.5. The van der Waals surface area contributed by atoms with E-state index in [4.69, 9.17) is 18.2 Å². The van der Waals surface area contributed by atoms with E-state index in [2.05, 4.69) is 172 Å². The quantitative estimate of drug-likeness (QED) is 0.119. The molecule has 1 heterocycles. The molecule has 0 fully saturated rings. The van der Waals surface area contributed by atoms with Crippen molar-refractivity contribution < 1.29 is 5.11 Å². The smallest absolute Gasteiger partial charge is 0.115 e. The molecular weight excluding hydrogens is 690 g/mol. The van der Waals surface area contributed by atoms with Crippen LogP contribution in [0, 0.1) is 12.8 Å². The third-order valence-corrected chi connectivity index (χ3v) is 11.8. The summed E-state index contributed by atoms with van der Waals surface area (Å²) in [6.07, 6.45) is 10.3. The van der Waals surface area contributed by atoms with Crippen LogP contribution in [0.4, 0.5) is 5.69 Å². The van der Waals surface area contributed by atoms with Gasteiger partial charge in [0, 0.05) is 33.8 Å². The van der Waals surface area contributed by atoms with Crippen LogP contribution in [-0.2, 0) is 30.1 Å². The lowest BCUT2D eigenvalue weighted by molar-refractivity contribution is 0.474. The highest BCUT2D eigenvalue weighted by Crippen LogP contribution is 2.53. The summed E-state index contributed by atoms with van der Waals surface area (Å²) >= 11 is 6.81. The normalized spacial score (nSPS) is 16.4. The first-order valence-corrected chi connectivity index (χ1v) is 20.0. The van der Waals surface area contributed by atoms with Crippen molar-refractivity contribution in [2.24, 2.45) is 5.92 Å². The van der Waals surface area contributed by atoms with Gasteiger partial charge < -0.3 is 10.0 Å². The van der Waals surface area contributed by atoms with Gasteiger partial charge in [-0.05, 0) is 132 Å². The number of aryl methyl sites for hydroxylation is 1. The largest absolute Gasteiger partial charge is 0.508 e. The topological polar surface area (TPSA) is 23.5 Å². The van der Waals surface area contributed by atoms with Gasteiger partial charge in [0.15, 0.2) is 0 Å². The van der Waals surface area contributed by atoms with E-state index in [9.17, 15) is 5.11 Å². The Morgan fingerprint density at radius 3 is 2.09 bits per heavy atom. The van der Waals surface area contributed by atoms with Crippen LogP contribution < -0.4 is 4.90 Å². The van der Waals surface area contributed by atoms with Gasteiger partial charge in [-0.2, -0.15) is 0 Å². The lowest BCUT2D eigenvalue weighted by Gasteiger charge is -2.38. The first kappa shape index (κ1) is 38.0. The SMILES string of the molecule is C=C(/C=C/C=C1/N(CCC(C)C)c2ccc3ccccc3c2C1(C)Cc1ccc(O)cc1)C(Cc1ccccc1)(Cc1ccccc1)c1cc(Cl)ccc1C. The molecule has 0 bridgehead atoms. The first-order chi connectivity index (χ1) is 26.6. The molecule has 1 atom stereocenters. The molecule has 55 heavy (non-hydrogen) atoms. The van der Waals surface area contributed by atoms with Crippen molar-refractivity contribution in [3.8, 4) is 5.75 Å². The Morgan fingerprint density at radius 1 is 0.800 bits per heavy atom. The fourth-order valence-electron chi connectivity index (χ4n) is 8.79. The van der Waals surface area contributed by atoms with Gasteiger partial charge >= 0.3 is 0 Å². The number of nitrogens with zero attached hydrogens (tertiary/aromatic N) is 1. The minimum absolute atomic E-state index is 0.284. The number of hydrogen-bond acceptors (Lipinski definition) is 2. The highest BCUT2D eigenvalue weighted by molar-refractivity contribution is 6.30. The van der Waals surface area contributed by atoms with E-state index in [1.165, 1.54) is 55.5 Å². The Morgan fingerprint density at radius 2 is 1.44 bits per heavy atom.